The van der Waals surface area contributed by atoms with E-state index < -0.39 is 11.9 Å². The molecule has 6 rings (SSSR count). The van der Waals surface area contributed by atoms with Gasteiger partial charge in [0.1, 0.15) is 24.3 Å². The summed E-state index contributed by atoms with van der Waals surface area (Å²) in [4.78, 5) is 35.4. The average Bonchev–Trinajstić information content (AvgIpc) is 3.62. The van der Waals surface area contributed by atoms with Crippen molar-refractivity contribution in [3.8, 4) is 28.7 Å². The fourth-order valence-corrected chi connectivity index (χ4v) is 4.64. The molecule has 42 heavy (non-hydrogen) atoms. The van der Waals surface area contributed by atoms with Gasteiger partial charge in [-0.15, -0.1) is 0 Å². The molecule has 1 saturated carbocycles. The summed E-state index contributed by atoms with van der Waals surface area (Å²) < 4.78 is 48.8. The molecule has 11 nitrogen and oxygen atoms in total. The molecular weight excluding hydrogens is 551 g/mol. The predicted molar refractivity (Wildman–Crippen MR) is 145 cm³/mol. The standard InChI is InChI=1S/C28H26F3N9O2/c1-38(2)21(41)14-39-13-20(28(29,30)31)36-25(39)18-6-4-16(5-7-18)12-40-26-19(11-35-40)10-32-24(37-26)22-23(17-8-9-17)33-15-34-27(22)42-3/h4-7,10-11,13,15,17H,8-9,12,14H2,1-3H3. The number of methoxy groups -OCH3 is 1. The van der Waals surface area contributed by atoms with Crippen molar-refractivity contribution in [2.75, 3.05) is 21.2 Å². The minimum Gasteiger partial charge on any atom is -0.480 e. The number of hydrogen-bond donors (Lipinski definition) is 0. The summed E-state index contributed by atoms with van der Waals surface area (Å²) in [5, 5.41) is 5.22. The number of likely N-dealkylation sites (N-methyl/N-ethyl adjacent to an activating group) is 1. The zero-order chi connectivity index (χ0) is 29.6. The van der Waals surface area contributed by atoms with Gasteiger partial charge < -0.3 is 14.2 Å². The van der Waals surface area contributed by atoms with Crippen molar-refractivity contribution < 1.29 is 22.7 Å². The van der Waals surface area contributed by atoms with Gasteiger partial charge in [-0.3, -0.25) is 4.79 Å². The second-order valence-corrected chi connectivity index (χ2v) is 10.3. The Bertz CT molecular complexity index is 1770. The van der Waals surface area contributed by atoms with E-state index in [1.165, 1.54) is 15.8 Å². The average molecular weight is 578 g/mol. The molecule has 0 spiro atoms. The lowest BCUT2D eigenvalue weighted by Crippen LogP contribution is -2.26. The Balaban J connectivity index is 1.30. The van der Waals surface area contributed by atoms with Gasteiger partial charge in [-0.05, 0) is 18.4 Å². The molecule has 4 aromatic heterocycles. The van der Waals surface area contributed by atoms with Gasteiger partial charge in [0.05, 0.1) is 30.9 Å². The van der Waals surface area contributed by atoms with Crippen molar-refractivity contribution in [3.63, 3.8) is 0 Å². The molecule has 0 aliphatic heterocycles. The highest BCUT2D eigenvalue weighted by molar-refractivity contribution is 5.78. The molecule has 1 aromatic carbocycles. The molecule has 4 heterocycles. The maximum Gasteiger partial charge on any atom is 0.434 e. The number of carbonyl (C=O) groups excluding carboxylic acids is 1. The van der Waals surface area contributed by atoms with Crippen LogP contribution in [-0.2, 0) is 24.1 Å². The number of alkyl halides is 3. The Hall–Kier alpha value is -4.88. The molecule has 0 radical (unpaired) electrons. The highest BCUT2D eigenvalue weighted by Gasteiger charge is 2.35. The first kappa shape index (κ1) is 27.3. The van der Waals surface area contributed by atoms with Gasteiger partial charge in [-0.1, -0.05) is 24.3 Å². The Morgan fingerprint density at radius 2 is 1.83 bits per heavy atom. The minimum absolute atomic E-state index is 0.0523. The van der Waals surface area contributed by atoms with E-state index in [2.05, 4.69) is 25.0 Å². The van der Waals surface area contributed by atoms with Crippen LogP contribution < -0.4 is 4.74 Å². The zero-order valence-corrected chi connectivity index (χ0v) is 23.0. The number of hydrogen-bond acceptors (Lipinski definition) is 8. The largest absolute Gasteiger partial charge is 0.480 e. The van der Waals surface area contributed by atoms with Gasteiger partial charge in [0.15, 0.2) is 17.2 Å². The van der Waals surface area contributed by atoms with Crippen LogP contribution in [0.3, 0.4) is 0 Å². The fraction of sp³-hybridized carbons (Fsp3) is 0.321. The van der Waals surface area contributed by atoms with Crippen LogP contribution in [0.25, 0.3) is 33.8 Å². The summed E-state index contributed by atoms with van der Waals surface area (Å²) in [6.07, 6.45) is 3.14. The van der Waals surface area contributed by atoms with Crippen molar-refractivity contribution in [2.45, 2.75) is 38.0 Å². The molecule has 1 amide bonds. The van der Waals surface area contributed by atoms with E-state index in [9.17, 15) is 18.0 Å². The number of amides is 1. The van der Waals surface area contributed by atoms with Crippen molar-refractivity contribution >= 4 is 16.9 Å². The number of nitrogens with zero attached hydrogens (tertiary/aromatic N) is 9. The molecule has 216 valence electrons. The minimum atomic E-state index is -4.64. The number of rotatable bonds is 8. The third-order valence-corrected chi connectivity index (χ3v) is 7.02. The summed E-state index contributed by atoms with van der Waals surface area (Å²) in [5.41, 5.74) is 2.35. The number of halogens is 3. The molecule has 1 fully saturated rings. The van der Waals surface area contributed by atoms with Gasteiger partial charge in [0.2, 0.25) is 11.8 Å². The van der Waals surface area contributed by atoms with Crippen LogP contribution in [0.5, 0.6) is 5.88 Å². The lowest BCUT2D eigenvalue weighted by atomic mass is 10.1. The topological polar surface area (TPSA) is 117 Å². The van der Waals surface area contributed by atoms with E-state index in [-0.39, 0.29) is 18.3 Å². The lowest BCUT2D eigenvalue weighted by molar-refractivity contribution is -0.141. The number of ether oxygens (including phenoxy) is 1. The van der Waals surface area contributed by atoms with Gasteiger partial charge in [-0.25, -0.2) is 29.6 Å². The van der Waals surface area contributed by atoms with E-state index in [0.29, 0.717) is 40.9 Å². The Labute approximate surface area is 238 Å². The van der Waals surface area contributed by atoms with Crippen LogP contribution in [0.4, 0.5) is 13.2 Å². The van der Waals surface area contributed by atoms with Crippen LogP contribution >= 0.6 is 0 Å². The highest BCUT2D eigenvalue weighted by Crippen LogP contribution is 2.44. The summed E-state index contributed by atoms with van der Waals surface area (Å²) in [5.74, 6) is 0.875. The molecule has 1 aliphatic rings. The van der Waals surface area contributed by atoms with Gasteiger partial charge >= 0.3 is 6.18 Å². The second kappa shape index (κ2) is 10.5. The van der Waals surface area contributed by atoms with Crippen molar-refractivity contribution in [3.05, 3.63) is 66.1 Å². The number of benzene rings is 1. The van der Waals surface area contributed by atoms with E-state index in [1.54, 1.807) is 62.5 Å². The Kier molecular flexibility index (Phi) is 6.83. The summed E-state index contributed by atoms with van der Waals surface area (Å²) in [6.45, 7) is 0.0771. The van der Waals surface area contributed by atoms with Gasteiger partial charge in [-0.2, -0.15) is 18.3 Å². The molecule has 14 heteroatoms. The van der Waals surface area contributed by atoms with Crippen LogP contribution in [0, 0.1) is 0 Å². The van der Waals surface area contributed by atoms with Gasteiger partial charge in [0, 0.05) is 38.0 Å². The maximum atomic E-state index is 13.4. The SMILES string of the molecule is COc1ncnc(C2CC2)c1-c1ncc2cnn(Cc3ccc(-c4nc(C(F)(F)F)cn4CC(=O)N(C)C)cc3)c2n1. The van der Waals surface area contributed by atoms with Crippen LogP contribution in [0.15, 0.2) is 49.2 Å². The third kappa shape index (κ3) is 5.27. The van der Waals surface area contributed by atoms with Crippen LogP contribution in [-0.4, -0.2) is 71.3 Å². The van der Waals surface area contributed by atoms with E-state index in [0.717, 1.165) is 35.7 Å². The molecule has 0 N–H and O–H groups in total. The first-order chi connectivity index (χ1) is 20.1. The predicted octanol–water partition coefficient (Wildman–Crippen LogP) is 4.19. The molecule has 1 aliphatic carbocycles. The molecule has 0 bridgehead atoms. The van der Waals surface area contributed by atoms with E-state index in [4.69, 9.17) is 9.72 Å². The van der Waals surface area contributed by atoms with Gasteiger partial charge in [0.25, 0.3) is 0 Å². The summed E-state index contributed by atoms with van der Waals surface area (Å²) in [6, 6.07) is 6.91. The number of carbonyl (C=O) groups is 1. The van der Waals surface area contributed by atoms with Crippen molar-refractivity contribution in [2.24, 2.45) is 0 Å². The molecule has 5 aromatic rings. The maximum absolute atomic E-state index is 13.4. The van der Waals surface area contributed by atoms with E-state index in [1.807, 2.05) is 0 Å². The fourth-order valence-electron chi connectivity index (χ4n) is 4.64. The van der Waals surface area contributed by atoms with Crippen molar-refractivity contribution in [1.29, 1.82) is 0 Å². The zero-order valence-electron chi connectivity index (χ0n) is 23.0. The van der Waals surface area contributed by atoms with Crippen LogP contribution in [0.2, 0.25) is 0 Å². The highest BCUT2D eigenvalue weighted by atomic mass is 19.4. The molecule has 0 unspecified atom stereocenters. The normalized spacial score (nSPS) is 13.5. The second-order valence-electron chi connectivity index (χ2n) is 10.3. The Morgan fingerprint density at radius 3 is 2.50 bits per heavy atom. The number of fused-ring (bicyclic) bond motifs is 1. The van der Waals surface area contributed by atoms with E-state index >= 15 is 0 Å². The number of aromatic nitrogens is 8. The smallest absolute Gasteiger partial charge is 0.434 e. The monoisotopic (exact) mass is 577 g/mol. The first-order valence-corrected chi connectivity index (χ1v) is 13.1. The van der Waals surface area contributed by atoms with Crippen LogP contribution in [0.1, 0.15) is 35.7 Å². The lowest BCUT2D eigenvalue weighted by Gasteiger charge is -2.13. The number of imidazole rings is 1. The molecule has 0 saturated heterocycles. The summed E-state index contributed by atoms with van der Waals surface area (Å²) >= 11 is 0. The van der Waals surface area contributed by atoms with Crippen molar-refractivity contribution in [1.82, 2.24) is 44.2 Å². The molecular formula is C28H26F3N9O2. The first-order valence-electron chi connectivity index (χ1n) is 13.1. The summed E-state index contributed by atoms with van der Waals surface area (Å²) in [7, 11) is 4.63. The quantitative estimate of drug-likeness (QED) is 0.270. The third-order valence-electron chi connectivity index (χ3n) is 7.02. The Morgan fingerprint density at radius 1 is 1.07 bits per heavy atom. The molecule has 0 atom stereocenters.